The van der Waals surface area contributed by atoms with Crippen molar-refractivity contribution in [1.29, 1.82) is 0 Å². The number of aromatic nitrogens is 4. The van der Waals surface area contributed by atoms with Gasteiger partial charge >= 0.3 is 5.97 Å². The number of pyridine rings is 1. The number of ether oxygens (including phenoxy) is 1. The number of fused-ring (bicyclic) bond motifs is 1. The Kier molecular flexibility index (Phi) is 7.70. The van der Waals surface area contributed by atoms with Crippen molar-refractivity contribution in [2.24, 2.45) is 5.92 Å². The normalized spacial score (nSPS) is 12.9. The van der Waals surface area contributed by atoms with Crippen molar-refractivity contribution in [1.82, 2.24) is 20.0 Å². The Balaban J connectivity index is 1.39. The highest BCUT2D eigenvalue weighted by molar-refractivity contribution is 5.83. The Morgan fingerprint density at radius 2 is 1.81 bits per heavy atom. The number of hydrogen-bond acceptors (Lipinski definition) is 7. The number of benzene rings is 2. The fourth-order valence-corrected chi connectivity index (χ4v) is 4.15. The van der Waals surface area contributed by atoms with Crippen molar-refractivity contribution in [2.75, 3.05) is 7.11 Å². The zero-order valence-electron chi connectivity index (χ0n) is 20.2. The third-order valence-corrected chi connectivity index (χ3v) is 6.30. The highest BCUT2D eigenvalue weighted by Gasteiger charge is 2.26. The van der Waals surface area contributed by atoms with E-state index in [0.29, 0.717) is 23.1 Å². The number of aryl methyl sites for hydroxylation is 3. The maximum Gasteiger partial charge on any atom is 0.309 e. The smallest absolute Gasteiger partial charge is 0.309 e. The Labute approximate surface area is 208 Å². The van der Waals surface area contributed by atoms with Gasteiger partial charge in [-0.2, -0.15) is 0 Å². The predicted octanol–water partition coefficient (Wildman–Crippen LogP) is 3.26. The Hall–Kier alpha value is -4.11. The van der Waals surface area contributed by atoms with Gasteiger partial charge < -0.3 is 14.9 Å². The average Bonchev–Trinajstić information content (AvgIpc) is 2.89. The Bertz CT molecular complexity index is 1400. The second kappa shape index (κ2) is 11.1. The fourth-order valence-electron chi connectivity index (χ4n) is 4.15. The first kappa shape index (κ1) is 25.0. The molecule has 0 saturated carbocycles. The second-order valence-electron chi connectivity index (χ2n) is 8.70. The van der Waals surface area contributed by atoms with Crippen LogP contribution in [0.3, 0.4) is 0 Å². The van der Waals surface area contributed by atoms with E-state index in [4.69, 9.17) is 4.74 Å². The van der Waals surface area contributed by atoms with Crippen LogP contribution in [0, 0.1) is 12.8 Å². The van der Waals surface area contributed by atoms with Gasteiger partial charge in [-0.15, -0.1) is 5.10 Å². The molecule has 2 atom stereocenters. The summed E-state index contributed by atoms with van der Waals surface area (Å²) in [5.74, 6) is -1.72. The minimum absolute atomic E-state index is 0.0201. The van der Waals surface area contributed by atoms with Gasteiger partial charge in [0.25, 0.3) is 5.56 Å². The van der Waals surface area contributed by atoms with Crippen molar-refractivity contribution in [3.8, 4) is 16.9 Å². The molecule has 4 rings (SSSR count). The maximum absolute atomic E-state index is 12.8. The molecular formula is C27H28N4O5. The molecule has 36 heavy (non-hydrogen) atoms. The average molecular weight is 489 g/mol. The van der Waals surface area contributed by atoms with E-state index in [1.807, 2.05) is 49.5 Å². The number of aliphatic hydroxyl groups is 1. The molecule has 0 aliphatic rings. The fraction of sp³-hybridized carbons (Fsp3) is 0.296. The summed E-state index contributed by atoms with van der Waals surface area (Å²) in [5.41, 5.74) is 3.96. The van der Waals surface area contributed by atoms with E-state index in [1.165, 1.54) is 7.11 Å². The summed E-state index contributed by atoms with van der Waals surface area (Å²) in [6.45, 7) is 1.96. The van der Waals surface area contributed by atoms with Crippen molar-refractivity contribution in [3.63, 3.8) is 0 Å². The number of carboxylic acids is 1. The largest absolute Gasteiger partial charge is 0.494 e. The summed E-state index contributed by atoms with van der Waals surface area (Å²) in [5, 5.41) is 28.7. The van der Waals surface area contributed by atoms with Crippen LogP contribution in [0.2, 0.25) is 0 Å². The summed E-state index contributed by atoms with van der Waals surface area (Å²) >= 11 is 0. The molecule has 9 heteroatoms. The molecule has 0 amide bonds. The molecule has 0 saturated heterocycles. The molecule has 9 nitrogen and oxygen atoms in total. The number of carboxylic acid groups (broad SMARTS) is 1. The first-order valence-corrected chi connectivity index (χ1v) is 11.7. The van der Waals surface area contributed by atoms with E-state index in [1.54, 1.807) is 18.2 Å². The lowest BCUT2D eigenvalue weighted by molar-refractivity contribution is -0.146. The SMILES string of the molecule is COc1cccc2c(=O)n(CCC(C(=O)O)[C@H](O)CCc3ccc(-c4ccc(C)nc4)cc3)nnc12. The molecule has 2 aromatic carbocycles. The third-order valence-electron chi connectivity index (χ3n) is 6.30. The van der Waals surface area contributed by atoms with E-state index >= 15 is 0 Å². The van der Waals surface area contributed by atoms with Crippen LogP contribution in [0.5, 0.6) is 5.75 Å². The molecular weight excluding hydrogens is 460 g/mol. The topological polar surface area (TPSA) is 127 Å². The molecule has 0 aliphatic carbocycles. The molecule has 0 radical (unpaired) electrons. The van der Waals surface area contributed by atoms with Gasteiger partial charge in [0.1, 0.15) is 11.3 Å². The highest BCUT2D eigenvalue weighted by atomic mass is 16.5. The minimum atomic E-state index is -1.12. The van der Waals surface area contributed by atoms with Gasteiger partial charge in [-0.1, -0.05) is 41.6 Å². The first-order valence-electron chi connectivity index (χ1n) is 11.7. The molecule has 1 unspecified atom stereocenters. The first-order chi connectivity index (χ1) is 17.4. The molecule has 0 bridgehead atoms. The van der Waals surface area contributed by atoms with Crippen molar-refractivity contribution in [2.45, 2.75) is 38.8 Å². The van der Waals surface area contributed by atoms with Crippen LogP contribution in [0.4, 0.5) is 0 Å². The summed E-state index contributed by atoms with van der Waals surface area (Å²) in [4.78, 5) is 29.0. The van der Waals surface area contributed by atoms with Gasteiger partial charge in [0.15, 0.2) is 0 Å². The van der Waals surface area contributed by atoms with E-state index in [9.17, 15) is 19.8 Å². The monoisotopic (exact) mass is 488 g/mol. The number of aliphatic hydroxyl groups excluding tert-OH is 1. The Morgan fingerprint density at radius 3 is 2.47 bits per heavy atom. The van der Waals surface area contributed by atoms with Crippen LogP contribution in [-0.4, -0.2) is 49.4 Å². The molecule has 2 heterocycles. The molecule has 0 spiro atoms. The van der Waals surface area contributed by atoms with Gasteiger partial charge in [-0.25, -0.2) is 4.68 Å². The maximum atomic E-state index is 12.8. The molecule has 0 fully saturated rings. The number of hydrogen-bond donors (Lipinski definition) is 2. The van der Waals surface area contributed by atoms with E-state index < -0.39 is 18.0 Å². The van der Waals surface area contributed by atoms with Gasteiger partial charge in [0, 0.05) is 24.0 Å². The lowest BCUT2D eigenvalue weighted by Crippen LogP contribution is -2.32. The third kappa shape index (κ3) is 5.58. The minimum Gasteiger partial charge on any atom is -0.494 e. The van der Waals surface area contributed by atoms with Gasteiger partial charge in [0.05, 0.1) is 24.5 Å². The lowest BCUT2D eigenvalue weighted by atomic mass is 9.93. The number of aliphatic carboxylic acids is 1. The van der Waals surface area contributed by atoms with Crippen molar-refractivity contribution < 1.29 is 19.7 Å². The standard InChI is InChI=1S/C27H28N4O5/c1-17-6-10-20(16-28-17)19-11-7-18(8-12-19)9-13-23(32)21(27(34)35)14-15-31-26(33)22-4-3-5-24(36-2)25(22)29-30-31/h3-8,10-12,16,21,23,32H,9,13-15H2,1-2H3,(H,34,35)/t21?,23-/m1/s1. The van der Waals surface area contributed by atoms with Crippen LogP contribution in [0.15, 0.2) is 65.6 Å². The quantitative estimate of drug-likeness (QED) is 0.348. The van der Waals surface area contributed by atoms with Gasteiger partial charge in [-0.3, -0.25) is 14.6 Å². The number of rotatable bonds is 10. The molecule has 186 valence electrons. The van der Waals surface area contributed by atoms with Gasteiger partial charge in [0.2, 0.25) is 0 Å². The van der Waals surface area contributed by atoms with Crippen molar-refractivity contribution in [3.05, 3.63) is 82.4 Å². The summed E-state index contributed by atoms with van der Waals surface area (Å²) in [7, 11) is 1.48. The van der Waals surface area contributed by atoms with E-state index in [-0.39, 0.29) is 24.9 Å². The van der Waals surface area contributed by atoms with Crippen LogP contribution < -0.4 is 10.3 Å². The zero-order chi connectivity index (χ0) is 25.7. The molecule has 2 N–H and O–H groups in total. The zero-order valence-corrected chi connectivity index (χ0v) is 20.2. The lowest BCUT2D eigenvalue weighted by Gasteiger charge is -2.19. The number of methoxy groups -OCH3 is 1. The summed E-state index contributed by atoms with van der Waals surface area (Å²) < 4.78 is 6.34. The van der Waals surface area contributed by atoms with E-state index in [0.717, 1.165) is 27.1 Å². The molecule has 4 aromatic rings. The van der Waals surface area contributed by atoms with Crippen LogP contribution >= 0.6 is 0 Å². The summed E-state index contributed by atoms with van der Waals surface area (Å²) in [6, 6.07) is 16.9. The van der Waals surface area contributed by atoms with E-state index in [2.05, 4.69) is 15.3 Å². The predicted molar refractivity (Wildman–Crippen MR) is 135 cm³/mol. The Morgan fingerprint density at radius 1 is 1.06 bits per heavy atom. The summed E-state index contributed by atoms with van der Waals surface area (Å²) in [6.07, 6.45) is 1.59. The highest BCUT2D eigenvalue weighted by Crippen LogP contribution is 2.22. The second-order valence-corrected chi connectivity index (χ2v) is 8.70. The number of carbonyl (C=O) groups is 1. The van der Waals surface area contributed by atoms with Crippen LogP contribution in [0.25, 0.3) is 22.0 Å². The van der Waals surface area contributed by atoms with Gasteiger partial charge in [-0.05, 0) is 55.5 Å². The van der Waals surface area contributed by atoms with Crippen molar-refractivity contribution >= 4 is 16.9 Å². The van der Waals surface area contributed by atoms with Crippen LogP contribution in [-0.2, 0) is 17.8 Å². The molecule has 0 aliphatic heterocycles. The molecule has 2 aromatic heterocycles. The number of nitrogens with zero attached hydrogens (tertiary/aromatic N) is 4. The van der Waals surface area contributed by atoms with Crippen LogP contribution in [0.1, 0.15) is 24.1 Å².